The van der Waals surface area contributed by atoms with E-state index in [0.717, 1.165) is 19.3 Å². The Kier molecular flexibility index (Phi) is 14.9. The summed E-state index contributed by atoms with van der Waals surface area (Å²) in [7, 11) is 0. The number of likely N-dealkylation sites (tertiary alicyclic amines) is 1. The molecule has 0 aromatic heterocycles. The maximum absolute atomic E-state index is 12.3. The summed E-state index contributed by atoms with van der Waals surface area (Å²) in [5, 5.41) is 0. The van der Waals surface area contributed by atoms with Crippen LogP contribution >= 0.6 is 0 Å². The highest BCUT2D eigenvalue weighted by molar-refractivity contribution is 6.02. The topological polar surface area (TPSA) is 37.4 Å². The summed E-state index contributed by atoms with van der Waals surface area (Å²) in [5.74, 6) is 0.0596. The Hall–Kier alpha value is -1.12. The summed E-state index contributed by atoms with van der Waals surface area (Å²) in [6.07, 6.45) is 23.4. The number of imide groups is 1. The molecule has 29 heavy (non-hydrogen) atoms. The van der Waals surface area contributed by atoms with Gasteiger partial charge in [0.15, 0.2) is 0 Å². The number of unbranched alkanes of at least 4 members (excludes halogenated alkanes) is 13. The van der Waals surface area contributed by atoms with Crippen molar-refractivity contribution in [1.82, 2.24) is 4.90 Å². The molecule has 0 saturated carbocycles. The van der Waals surface area contributed by atoms with Crippen LogP contribution in [0.3, 0.4) is 0 Å². The first-order valence-corrected chi connectivity index (χ1v) is 12.6. The lowest BCUT2D eigenvalue weighted by atomic mass is 9.98. The largest absolute Gasteiger partial charge is 0.275 e. The van der Waals surface area contributed by atoms with Crippen LogP contribution in [0.15, 0.2) is 11.6 Å². The van der Waals surface area contributed by atoms with Crippen molar-refractivity contribution in [2.45, 2.75) is 142 Å². The number of hydrogen-bond donors (Lipinski definition) is 0. The van der Waals surface area contributed by atoms with E-state index in [2.05, 4.69) is 26.8 Å². The van der Waals surface area contributed by atoms with Crippen LogP contribution in [0, 0.1) is 0 Å². The van der Waals surface area contributed by atoms with Gasteiger partial charge < -0.3 is 0 Å². The van der Waals surface area contributed by atoms with Crippen molar-refractivity contribution in [3.63, 3.8) is 0 Å². The average molecular weight is 406 g/mol. The predicted molar refractivity (Wildman–Crippen MR) is 124 cm³/mol. The van der Waals surface area contributed by atoms with Crippen LogP contribution in [-0.2, 0) is 9.59 Å². The molecule has 3 heteroatoms. The van der Waals surface area contributed by atoms with Gasteiger partial charge in [-0.15, -0.1) is 0 Å². The summed E-state index contributed by atoms with van der Waals surface area (Å²) in [6, 6.07) is -0.00234. The van der Waals surface area contributed by atoms with E-state index in [1.807, 2.05) is 0 Å². The van der Waals surface area contributed by atoms with E-state index in [1.54, 1.807) is 4.90 Å². The third-order valence-corrected chi connectivity index (χ3v) is 6.28. The van der Waals surface area contributed by atoms with Crippen LogP contribution in [0.4, 0.5) is 0 Å². The van der Waals surface area contributed by atoms with Crippen LogP contribution < -0.4 is 0 Å². The standard InChI is InChI=1S/C26H47NO2/c1-4-6-8-10-11-12-13-14-15-16-17-19-23(3)24(20-18-9-7-5-2)27-25(28)21-22-26(27)29/h19,24H,4-18,20-22H2,1-3H3/b23-19+. The predicted octanol–water partition coefficient (Wildman–Crippen LogP) is 7.73. The van der Waals surface area contributed by atoms with Gasteiger partial charge in [-0.2, -0.15) is 0 Å². The molecule has 0 aromatic rings. The molecule has 1 atom stereocenters. The molecule has 1 rings (SSSR count). The highest BCUT2D eigenvalue weighted by Crippen LogP contribution is 2.25. The molecule has 0 spiro atoms. The molecular weight excluding hydrogens is 358 g/mol. The lowest BCUT2D eigenvalue weighted by Crippen LogP contribution is -2.40. The van der Waals surface area contributed by atoms with E-state index in [1.165, 1.54) is 89.0 Å². The third-order valence-electron chi connectivity index (χ3n) is 6.28. The van der Waals surface area contributed by atoms with E-state index >= 15 is 0 Å². The Balaban J connectivity index is 2.32. The maximum atomic E-state index is 12.3. The smallest absolute Gasteiger partial charge is 0.230 e. The Morgan fingerprint density at radius 3 is 1.72 bits per heavy atom. The zero-order valence-electron chi connectivity index (χ0n) is 19.6. The minimum Gasteiger partial charge on any atom is -0.275 e. The minimum absolute atomic E-state index is 0.00234. The van der Waals surface area contributed by atoms with Gasteiger partial charge in [0.05, 0.1) is 6.04 Å². The van der Waals surface area contributed by atoms with Crippen molar-refractivity contribution in [2.75, 3.05) is 0 Å². The Labute approximate surface area is 180 Å². The van der Waals surface area contributed by atoms with Crippen molar-refractivity contribution < 1.29 is 9.59 Å². The molecule has 168 valence electrons. The summed E-state index contributed by atoms with van der Waals surface area (Å²) in [6.45, 7) is 6.61. The van der Waals surface area contributed by atoms with Crippen LogP contribution in [0.25, 0.3) is 0 Å². The number of carbonyl (C=O) groups is 2. The number of amides is 2. The van der Waals surface area contributed by atoms with Gasteiger partial charge in [0.25, 0.3) is 0 Å². The number of carbonyl (C=O) groups excluding carboxylic acids is 2. The summed E-state index contributed by atoms with van der Waals surface area (Å²) >= 11 is 0. The molecule has 1 heterocycles. The van der Waals surface area contributed by atoms with Gasteiger partial charge in [-0.05, 0) is 26.2 Å². The van der Waals surface area contributed by atoms with Gasteiger partial charge in [-0.3, -0.25) is 14.5 Å². The fourth-order valence-electron chi connectivity index (χ4n) is 4.36. The fourth-order valence-corrected chi connectivity index (χ4v) is 4.36. The molecule has 0 aliphatic carbocycles. The van der Waals surface area contributed by atoms with Gasteiger partial charge in [0, 0.05) is 12.8 Å². The van der Waals surface area contributed by atoms with Crippen molar-refractivity contribution in [2.24, 2.45) is 0 Å². The quantitative estimate of drug-likeness (QED) is 0.133. The van der Waals surface area contributed by atoms with Crippen LogP contribution in [0.5, 0.6) is 0 Å². The zero-order chi connectivity index (χ0) is 21.3. The van der Waals surface area contributed by atoms with Gasteiger partial charge >= 0.3 is 0 Å². The number of rotatable bonds is 18. The van der Waals surface area contributed by atoms with Gasteiger partial charge in [-0.1, -0.05) is 109 Å². The molecule has 1 aliphatic rings. The number of nitrogens with zero attached hydrogens (tertiary/aromatic N) is 1. The van der Waals surface area contributed by atoms with Crippen LogP contribution in [0.1, 0.15) is 136 Å². The second kappa shape index (κ2) is 16.7. The Morgan fingerprint density at radius 2 is 1.21 bits per heavy atom. The molecule has 2 amide bonds. The molecular formula is C26H47NO2. The highest BCUT2D eigenvalue weighted by Gasteiger charge is 2.35. The van der Waals surface area contributed by atoms with Crippen LogP contribution in [0.2, 0.25) is 0 Å². The lowest BCUT2D eigenvalue weighted by molar-refractivity contribution is -0.140. The van der Waals surface area contributed by atoms with Crippen LogP contribution in [-0.4, -0.2) is 22.8 Å². The Bertz CT molecular complexity index is 467. The molecule has 0 radical (unpaired) electrons. The molecule has 1 unspecified atom stereocenters. The van der Waals surface area contributed by atoms with E-state index in [4.69, 9.17) is 0 Å². The summed E-state index contributed by atoms with van der Waals surface area (Å²) in [4.78, 5) is 26.1. The summed E-state index contributed by atoms with van der Waals surface area (Å²) < 4.78 is 0. The second-order valence-electron chi connectivity index (χ2n) is 8.94. The normalized spacial score (nSPS) is 16.1. The molecule has 0 bridgehead atoms. The third kappa shape index (κ3) is 11.0. The van der Waals surface area contributed by atoms with Gasteiger partial charge in [0.1, 0.15) is 0 Å². The van der Waals surface area contributed by atoms with E-state index in [0.29, 0.717) is 12.8 Å². The van der Waals surface area contributed by atoms with Gasteiger partial charge in [-0.25, -0.2) is 0 Å². The summed E-state index contributed by atoms with van der Waals surface area (Å²) in [5.41, 5.74) is 1.22. The van der Waals surface area contributed by atoms with Crippen molar-refractivity contribution in [3.8, 4) is 0 Å². The lowest BCUT2D eigenvalue weighted by Gasteiger charge is -2.27. The molecule has 1 aliphatic heterocycles. The number of allylic oxidation sites excluding steroid dienone is 1. The van der Waals surface area contributed by atoms with E-state index in [9.17, 15) is 9.59 Å². The van der Waals surface area contributed by atoms with E-state index in [-0.39, 0.29) is 17.9 Å². The molecule has 0 N–H and O–H groups in total. The number of hydrogen-bond acceptors (Lipinski definition) is 2. The molecule has 0 aromatic carbocycles. The van der Waals surface area contributed by atoms with Crippen molar-refractivity contribution >= 4 is 11.8 Å². The van der Waals surface area contributed by atoms with E-state index < -0.39 is 0 Å². The Morgan fingerprint density at radius 1 is 0.759 bits per heavy atom. The first-order chi connectivity index (χ1) is 14.1. The van der Waals surface area contributed by atoms with Gasteiger partial charge in [0.2, 0.25) is 11.8 Å². The van der Waals surface area contributed by atoms with Crippen molar-refractivity contribution in [3.05, 3.63) is 11.6 Å². The fraction of sp³-hybridized carbons (Fsp3) is 0.846. The monoisotopic (exact) mass is 405 g/mol. The molecule has 1 saturated heterocycles. The SMILES string of the molecule is CCCCCCCCCCCC/C=C(\C)C(CCCCCC)N1C(=O)CCC1=O. The zero-order valence-corrected chi connectivity index (χ0v) is 19.6. The average Bonchev–Trinajstić information content (AvgIpc) is 3.04. The maximum Gasteiger partial charge on any atom is 0.230 e. The second-order valence-corrected chi connectivity index (χ2v) is 8.94. The van der Waals surface area contributed by atoms with Crippen molar-refractivity contribution in [1.29, 1.82) is 0 Å². The molecule has 3 nitrogen and oxygen atoms in total. The minimum atomic E-state index is -0.00234. The first-order valence-electron chi connectivity index (χ1n) is 12.6. The molecule has 1 fully saturated rings. The first kappa shape index (κ1) is 25.9. The highest BCUT2D eigenvalue weighted by atomic mass is 16.2.